The minimum absolute atomic E-state index is 0.310. The van der Waals surface area contributed by atoms with E-state index >= 15 is 0 Å². The van der Waals surface area contributed by atoms with Gasteiger partial charge in [-0.15, -0.1) is 0 Å². The maximum absolute atomic E-state index is 12.7. The molecular weight excluding hydrogens is 297 g/mol. The fraction of sp³-hybridized carbons (Fsp3) is 0.429. The van der Waals surface area contributed by atoms with E-state index in [1.165, 1.54) is 30.8 Å². The van der Waals surface area contributed by atoms with E-state index in [-0.39, 0.29) is 11.7 Å². The van der Waals surface area contributed by atoms with Gasteiger partial charge in [0.25, 0.3) is 0 Å². The molecule has 0 unspecified atom stereocenters. The Morgan fingerprint density at radius 3 is 2.62 bits per heavy atom. The zero-order valence-electron chi connectivity index (χ0n) is 11.7. The van der Waals surface area contributed by atoms with Gasteiger partial charge in [0.05, 0.1) is 6.61 Å². The van der Waals surface area contributed by atoms with E-state index in [0.717, 1.165) is 6.42 Å². The van der Waals surface area contributed by atoms with Crippen molar-refractivity contribution in [3.63, 3.8) is 0 Å². The summed E-state index contributed by atoms with van der Waals surface area (Å²) in [7, 11) is 0. The van der Waals surface area contributed by atoms with Gasteiger partial charge in [-0.3, -0.25) is 4.79 Å². The number of rotatable bonds is 9. The van der Waals surface area contributed by atoms with Crippen molar-refractivity contribution < 1.29 is 23.8 Å². The molecule has 116 valence electrons. The van der Waals surface area contributed by atoms with Gasteiger partial charge in [-0.25, -0.2) is 9.18 Å². The molecule has 0 radical (unpaired) electrons. The van der Waals surface area contributed by atoms with Crippen molar-refractivity contribution in [1.82, 2.24) is 5.32 Å². The van der Waals surface area contributed by atoms with Crippen LogP contribution in [0.1, 0.15) is 13.3 Å². The summed E-state index contributed by atoms with van der Waals surface area (Å²) >= 11 is 1.43. The Kier molecular flexibility index (Phi) is 7.60. The van der Waals surface area contributed by atoms with Crippen LogP contribution in [0.15, 0.2) is 24.3 Å². The molecule has 0 fully saturated rings. The highest BCUT2D eigenvalue weighted by Crippen LogP contribution is 2.12. The molecule has 1 aromatic rings. The van der Waals surface area contributed by atoms with Crippen molar-refractivity contribution in [2.45, 2.75) is 19.4 Å². The van der Waals surface area contributed by atoms with Crippen LogP contribution >= 0.6 is 11.8 Å². The highest BCUT2D eigenvalue weighted by atomic mass is 32.2. The molecule has 0 aliphatic carbocycles. The van der Waals surface area contributed by atoms with E-state index in [2.05, 4.69) is 5.32 Å². The lowest BCUT2D eigenvalue weighted by molar-refractivity contribution is -0.140. The number of hydrogen-bond acceptors (Lipinski definition) is 4. The van der Waals surface area contributed by atoms with Gasteiger partial charge >= 0.3 is 5.97 Å². The zero-order chi connectivity index (χ0) is 15.7. The molecule has 0 spiro atoms. The number of nitrogens with one attached hydrogen (secondary N) is 1. The summed E-state index contributed by atoms with van der Waals surface area (Å²) in [5, 5.41) is 11.3. The van der Waals surface area contributed by atoms with Crippen LogP contribution in [-0.2, 0) is 9.59 Å². The summed E-state index contributed by atoms with van der Waals surface area (Å²) in [6, 6.07) is 4.90. The second-order valence-electron chi connectivity index (χ2n) is 4.32. The SMILES string of the molecule is CC(=O)N[C@@H](CSCCCOc1ccc(F)cc1)C(=O)O. The quantitative estimate of drug-likeness (QED) is 0.681. The molecule has 0 bridgehead atoms. The molecule has 7 heteroatoms. The Bertz CT molecular complexity index is 467. The standard InChI is InChI=1S/C14H18FNO4S/c1-10(17)16-13(14(18)19)9-21-8-2-7-20-12-5-3-11(15)4-6-12/h3-6,13H,2,7-9H2,1H3,(H,16,17)(H,18,19)/t13-/m0/s1. The van der Waals surface area contributed by atoms with Crippen molar-refractivity contribution in [2.24, 2.45) is 0 Å². The van der Waals surface area contributed by atoms with Crippen molar-refractivity contribution in [3.8, 4) is 5.75 Å². The van der Waals surface area contributed by atoms with Gasteiger partial charge in [-0.05, 0) is 36.4 Å². The first-order chi connectivity index (χ1) is 9.99. The van der Waals surface area contributed by atoms with E-state index in [1.54, 1.807) is 12.1 Å². The Morgan fingerprint density at radius 2 is 2.05 bits per heavy atom. The first kappa shape index (κ1) is 17.3. The van der Waals surface area contributed by atoms with Gasteiger partial charge in [-0.2, -0.15) is 11.8 Å². The monoisotopic (exact) mass is 315 g/mol. The first-order valence-corrected chi connectivity index (χ1v) is 7.60. The lowest BCUT2D eigenvalue weighted by atomic mass is 10.3. The number of ether oxygens (including phenoxy) is 1. The average Bonchev–Trinajstić information content (AvgIpc) is 2.42. The lowest BCUT2D eigenvalue weighted by Crippen LogP contribution is -2.41. The predicted octanol–water partition coefficient (Wildman–Crippen LogP) is 1.92. The van der Waals surface area contributed by atoms with E-state index in [9.17, 15) is 14.0 Å². The summed E-state index contributed by atoms with van der Waals surface area (Å²) in [6.07, 6.45) is 0.731. The molecule has 5 nitrogen and oxygen atoms in total. The Hall–Kier alpha value is -1.76. The minimum atomic E-state index is -1.04. The van der Waals surface area contributed by atoms with Gasteiger partial charge < -0.3 is 15.2 Å². The maximum Gasteiger partial charge on any atom is 0.327 e. The van der Waals surface area contributed by atoms with Crippen LogP contribution in [0.5, 0.6) is 5.75 Å². The Morgan fingerprint density at radius 1 is 1.38 bits per heavy atom. The minimum Gasteiger partial charge on any atom is -0.494 e. The van der Waals surface area contributed by atoms with Gasteiger partial charge in [0.2, 0.25) is 5.91 Å². The van der Waals surface area contributed by atoms with Crippen LogP contribution < -0.4 is 10.1 Å². The second-order valence-corrected chi connectivity index (χ2v) is 5.47. The largest absolute Gasteiger partial charge is 0.494 e. The summed E-state index contributed by atoms with van der Waals surface area (Å²) in [4.78, 5) is 21.7. The Balaban J connectivity index is 2.14. The number of benzene rings is 1. The third-order valence-electron chi connectivity index (χ3n) is 2.48. The molecule has 1 amide bonds. The molecule has 0 aliphatic rings. The number of amides is 1. The summed E-state index contributed by atoms with van der Waals surface area (Å²) < 4.78 is 18.1. The molecule has 0 aliphatic heterocycles. The Labute approximate surface area is 126 Å². The van der Waals surface area contributed by atoms with Crippen molar-refractivity contribution in [1.29, 1.82) is 0 Å². The van der Waals surface area contributed by atoms with Crippen LogP contribution in [0.25, 0.3) is 0 Å². The molecule has 21 heavy (non-hydrogen) atoms. The third kappa shape index (κ3) is 7.55. The summed E-state index contributed by atoms with van der Waals surface area (Å²) in [5.74, 6) is -0.0858. The molecule has 0 aromatic heterocycles. The van der Waals surface area contributed by atoms with E-state index < -0.39 is 12.0 Å². The highest BCUT2D eigenvalue weighted by molar-refractivity contribution is 7.99. The average molecular weight is 315 g/mol. The normalized spacial score (nSPS) is 11.7. The molecule has 0 saturated heterocycles. The van der Waals surface area contributed by atoms with Crippen LogP contribution in [0.4, 0.5) is 4.39 Å². The topological polar surface area (TPSA) is 75.6 Å². The van der Waals surface area contributed by atoms with Gasteiger partial charge in [0.1, 0.15) is 17.6 Å². The van der Waals surface area contributed by atoms with Crippen LogP contribution in [0.2, 0.25) is 0 Å². The first-order valence-electron chi connectivity index (χ1n) is 6.45. The predicted molar refractivity (Wildman–Crippen MR) is 79.1 cm³/mol. The number of hydrogen-bond donors (Lipinski definition) is 2. The molecule has 2 N–H and O–H groups in total. The fourth-order valence-corrected chi connectivity index (χ4v) is 2.45. The molecule has 0 saturated carbocycles. The van der Waals surface area contributed by atoms with Gasteiger partial charge in [-0.1, -0.05) is 0 Å². The van der Waals surface area contributed by atoms with Crippen LogP contribution in [0.3, 0.4) is 0 Å². The van der Waals surface area contributed by atoms with Crippen LogP contribution in [-0.4, -0.2) is 41.1 Å². The van der Waals surface area contributed by atoms with E-state index in [4.69, 9.17) is 9.84 Å². The number of halogens is 1. The van der Waals surface area contributed by atoms with E-state index in [1.807, 2.05) is 0 Å². The van der Waals surface area contributed by atoms with E-state index in [0.29, 0.717) is 23.9 Å². The van der Waals surface area contributed by atoms with Gasteiger partial charge in [0, 0.05) is 12.7 Å². The number of aliphatic carboxylic acids is 1. The van der Waals surface area contributed by atoms with Crippen LogP contribution in [0, 0.1) is 5.82 Å². The molecule has 1 rings (SSSR count). The summed E-state index contributed by atoms with van der Waals surface area (Å²) in [6.45, 7) is 1.76. The van der Waals surface area contributed by atoms with Gasteiger partial charge in [0.15, 0.2) is 0 Å². The third-order valence-corrected chi connectivity index (χ3v) is 3.62. The zero-order valence-corrected chi connectivity index (χ0v) is 12.5. The fourth-order valence-electron chi connectivity index (χ4n) is 1.50. The maximum atomic E-state index is 12.7. The number of carboxylic acid groups (broad SMARTS) is 1. The van der Waals surface area contributed by atoms with Crippen molar-refractivity contribution in [2.75, 3.05) is 18.1 Å². The molecule has 1 aromatic carbocycles. The molecule has 1 atom stereocenters. The molecular formula is C14H18FNO4S. The number of carbonyl (C=O) groups is 2. The number of carboxylic acids is 1. The summed E-state index contributed by atoms with van der Waals surface area (Å²) in [5.41, 5.74) is 0. The smallest absolute Gasteiger partial charge is 0.327 e. The number of thioether (sulfide) groups is 1. The number of carbonyl (C=O) groups excluding carboxylic acids is 1. The lowest BCUT2D eigenvalue weighted by Gasteiger charge is -2.12. The van der Waals surface area contributed by atoms with Crippen molar-refractivity contribution >= 4 is 23.6 Å². The highest BCUT2D eigenvalue weighted by Gasteiger charge is 2.17. The van der Waals surface area contributed by atoms with Crippen molar-refractivity contribution in [3.05, 3.63) is 30.1 Å². The molecule has 0 heterocycles. The second kappa shape index (κ2) is 9.23.